The summed E-state index contributed by atoms with van der Waals surface area (Å²) in [5, 5.41) is 3.28. The average molecular weight is 704 g/mol. The summed E-state index contributed by atoms with van der Waals surface area (Å²) in [6, 6.07) is 8.80. The first-order valence-electron chi connectivity index (χ1n) is 14.7. The van der Waals surface area contributed by atoms with E-state index >= 15 is 0 Å². The number of hydrogen-bond donors (Lipinski definition) is 2. The fourth-order valence-corrected chi connectivity index (χ4v) is 6.62. The number of nitrogens with zero attached hydrogens (tertiary/aromatic N) is 2. The molecule has 1 unspecified atom stereocenters. The summed E-state index contributed by atoms with van der Waals surface area (Å²) in [5.74, 6) is -0.794. The predicted molar refractivity (Wildman–Crippen MR) is 178 cm³/mol. The van der Waals surface area contributed by atoms with E-state index in [4.69, 9.17) is 42.1 Å². The zero-order valence-corrected chi connectivity index (χ0v) is 27.7. The fourth-order valence-electron chi connectivity index (χ4n) is 4.95. The molecular weight excluding hydrogens is 671 g/mol. The standard InChI is InChI=1S/C32H32Cl2N4O8S/c1-3-9-43-11-12-44-16-25(39)36-26-30(41)38-27(32(42)45-10-4-2)18(17-47-31(26)38)15-46-24-8-6-20(34)14-22(24)28-35-23-7-5-19(33)13-21(23)29(40)37-28/h4-8,13-14,26,31H,2-3,9-12,15-17H2,1H3,(H,36,39)(H,35,37,40)/t26-,31?/m1/s1. The van der Waals surface area contributed by atoms with Gasteiger partial charge in [-0.3, -0.25) is 19.3 Å². The van der Waals surface area contributed by atoms with Gasteiger partial charge in [-0.05, 0) is 42.8 Å². The van der Waals surface area contributed by atoms with Crippen LogP contribution in [0.2, 0.25) is 10.0 Å². The van der Waals surface area contributed by atoms with Gasteiger partial charge in [0.05, 0.1) is 29.7 Å². The van der Waals surface area contributed by atoms with Crippen molar-refractivity contribution in [3.63, 3.8) is 0 Å². The van der Waals surface area contributed by atoms with Crippen LogP contribution in [0.3, 0.4) is 0 Å². The van der Waals surface area contributed by atoms with Gasteiger partial charge in [-0.1, -0.05) is 42.8 Å². The molecule has 0 saturated carbocycles. The minimum absolute atomic E-state index is 0.0417. The first-order chi connectivity index (χ1) is 22.7. The second kappa shape index (κ2) is 15.8. The summed E-state index contributed by atoms with van der Waals surface area (Å²) >= 11 is 13.7. The van der Waals surface area contributed by atoms with Gasteiger partial charge in [-0.25, -0.2) is 9.78 Å². The Bertz CT molecular complexity index is 1780. The van der Waals surface area contributed by atoms with Crippen molar-refractivity contribution in [3.05, 3.63) is 80.7 Å². The first-order valence-corrected chi connectivity index (χ1v) is 16.5. The molecule has 2 atom stereocenters. The molecule has 2 amide bonds. The molecule has 0 radical (unpaired) electrons. The molecule has 0 aliphatic carbocycles. The maximum atomic E-state index is 13.3. The van der Waals surface area contributed by atoms with Crippen molar-refractivity contribution in [1.82, 2.24) is 20.2 Å². The number of aromatic amines is 1. The van der Waals surface area contributed by atoms with E-state index in [1.54, 1.807) is 30.3 Å². The number of H-pyrrole nitrogens is 1. The number of aromatic nitrogens is 2. The number of carbonyl (C=O) groups excluding carboxylic acids is 3. The third-order valence-electron chi connectivity index (χ3n) is 7.11. The van der Waals surface area contributed by atoms with Crippen molar-refractivity contribution in [3.8, 4) is 17.1 Å². The Kier molecular flexibility index (Phi) is 11.6. The number of fused-ring (bicyclic) bond motifs is 2. The molecule has 1 fully saturated rings. The SMILES string of the molecule is C=CCOC(=O)C1=C(COc2ccc(Cl)cc2-c2nc3ccc(Cl)cc3c(=O)[nH]2)CSC2[C@H](NC(=O)COCCOCCC)C(=O)N12. The molecule has 3 heterocycles. The van der Waals surface area contributed by atoms with E-state index in [1.165, 1.54) is 28.8 Å². The number of hydrogen-bond acceptors (Lipinski definition) is 10. The number of ether oxygens (including phenoxy) is 4. The van der Waals surface area contributed by atoms with Crippen molar-refractivity contribution in [1.29, 1.82) is 0 Å². The average Bonchev–Trinajstić information content (AvgIpc) is 3.06. The Morgan fingerprint density at radius 2 is 1.89 bits per heavy atom. The van der Waals surface area contributed by atoms with Crippen LogP contribution < -0.4 is 15.6 Å². The molecule has 0 bridgehead atoms. The lowest BCUT2D eigenvalue weighted by Crippen LogP contribution is -2.71. The molecule has 0 spiro atoms. The molecule has 2 aliphatic rings. The van der Waals surface area contributed by atoms with E-state index in [-0.39, 0.29) is 37.9 Å². The summed E-state index contributed by atoms with van der Waals surface area (Å²) in [5.41, 5.74) is 0.971. The molecule has 2 aromatic carbocycles. The number of thioether (sulfide) groups is 1. The van der Waals surface area contributed by atoms with Crippen molar-refractivity contribution in [2.45, 2.75) is 24.8 Å². The Hall–Kier alpha value is -3.88. The van der Waals surface area contributed by atoms with Crippen molar-refractivity contribution in [2.75, 3.05) is 45.4 Å². The molecule has 1 saturated heterocycles. The number of benzene rings is 2. The zero-order chi connectivity index (χ0) is 33.5. The lowest BCUT2D eigenvalue weighted by Gasteiger charge is -2.49. The van der Waals surface area contributed by atoms with Crippen LogP contribution in [0.15, 0.2) is 65.1 Å². The molecule has 248 valence electrons. The van der Waals surface area contributed by atoms with Gasteiger partial charge < -0.3 is 29.2 Å². The lowest BCUT2D eigenvalue weighted by molar-refractivity contribution is -0.153. The molecule has 15 heteroatoms. The molecule has 2 aliphatic heterocycles. The van der Waals surface area contributed by atoms with Gasteiger partial charge in [0.1, 0.15) is 48.5 Å². The van der Waals surface area contributed by atoms with Crippen LogP contribution in [0, 0.1) is 0 Å². The maximum absolute atomic E-state index is 13.3. The summed E-state index contributed by atoms with van der Waals surface area (Å²) in [4.78, 5) is 60.5. The quantitative estimate of drug-likeness (QED) is 0.103. The first kappa shape index (κ1) is 34.5. The largest absolute Gasteiger partial charge is 0.488 e. The highest BCUT2D eigenvalue weighted by molar-refractivity contribution is 8.00. The van der Waals surface area contributed by atoms with Crippen LogP contribution >= 0.6 is 35.0 Å². The lowest BCUT2D eigenvalue weighted by atomic mass is 10.0. The van der Waals surface area contributed by atoms with Gasteiger partial charge in [0.2, 0.25) is 5.91 Å². The monoisotopic (exact) mass is 702 g/mol. The molecule has 2 N–H and O–H groups in total. The number of nitrogens with one attached hydrogen (secondary N) is 2. The van der Waals surface area contributed by atoms with Gasteiger partial charge in [-0.2, -0.15) is 0 Å². The number of carbonyl (C=O) groups is 3. The van der Waals surface area contributed by atoms with Crippen molar-refractivity contribution in [2.24, 2.45) is 0 Å². The minimum Gasteiger partial charge on any atom is -0.488 e. The van der Waals surface area contributed by atoms with Gasteiger partial charge in [-0.15, -0.1) is 11.8 Å². The summed E-state index contributed by atoms with van der Waals surface area (Å²) in [7, 11) is 0. The molecule has 1 aromatic heterocycles. The van der Waals surface area contributed by atoms with E-state index in [0.717, 1.165) is 6.42 Å². The van der Waals surface area contributed by atoms with Gasteiger partial charge in [0.15, 0.2) is 0 Å². The van der Waals surface area contributed by atoms with Crippen LogP contribution in [0.4, 0.5) is 0 Å². The van der Waals surface area contributed by atoms with Crippen LogP contribution in [-0.2, 0) is 28.6 Å². The fraction of sp³-hybridized carbons (Fsp3) is 0.344. The Morgan fingerprint density at radius 3 is 2.68 bits per heavy atom. The number of halogens is 2. The minimum atomic E-state index is -0.842. The van der Waals surface area contributed by atoms with Crippen molar-refractivity contribution < 1.29 is 33.3 Å². The highest BCUT2D eigenvalue weighted by Crippen LogP contribution is 2.41. The van der Waals surface area contributed by atoms with Gasteiger partial charge in [0, 0.05) is 28.0 Å². The molecule has 5 rings (SSSR count). The van der Waals surface area contributed by atoms with Crippen LogP contribution in [0.5, 0.6) is 5.75 Å². The zero-order valence-electron chi connectivity index (χ0n) is 25.4. The van der Waals surface area contributed by atoms with E-state index < -0.39 is 34.8 Å². The summed E-state index contributed by atoms with van der Waals surface area (Å²) in [6.07, 6.45) is 2.30. The predicted octanol–water partition coefficient (Wildman–Crippen LogP) is 4.10. The Morgan fingerprint density at radius 1 is 1.13 bits per heavy atom. The molecular formula is C32H32Cl2N4O8S. The molecule has 47 heavy (non-hydrogen) atoms. The smallest absolute Gasteiger partial charge is 0.355 e. The molecule has 12 nitrogen and oxygen atoms in total. The third kappa shape index (κ3) is 7.99. The van der Waals surface area contributed by atoms with Crippen molar-refractivity contribution >= 4 is 63.7 Å². The second-order valence-corrected chi connectivity index (χ2v) is 12.4. The van der Waals surface area contributed by atoms with Crippen LogP contribution in [-0.4, -0.2) is 89.5 Å². The van der Waals surface area contributed by atoms with E-state index in [2.05, 4.69) is 21.9 Å². The summed E-state index contributed by atoms with van der Waals surface area (Å²) < 4.78 is 22.2. The van der Waals surface area contributed by atoms with E-state index in [0.29, 0.717) is 56.8 Å². The molecule has 3 aromatic rings. The maximum Gasteiger partial charge on any atom is 0.355 e. The van der Waals surface area contributed by atoms with E-state index in [1.807, 2.05) is 6.92 Å². The normalized spacial score (nSPS) is 17.3. The topological polar surface area (TPSA) is 149 Å². The van der Waals surface area contributed by atoms with Crippen LogP contribution in [0.1, 0.15) is 13.3 Å². The Labute approximate surface area is 284 Å². The van der Waals surface area contributed by atoms with Gasteiger partial charge in [0.25, 0.3) is 11.5 Å². The van der Waals surface area contributed by atoms with E-state index in [9.17, 15) is 19.2 Å². The van der Waals surface area contributed by atoms with Gasteiger partial charge >= 0.3 is 5.97 Å². The number of rotatable bonds is 15. The second-order valence-electron chi connectivity index (χ2n) is 10.5. The Balaban J connectivity index is 1.34. The van der Waals surface area contributed by atoms with Crippen LogP contribution in [0.25, 0.3) is 22.3 Å². The number of esters is 1. The highest BCUT2D eigenvalue weighted by Gasteiger charge is 2.54. The number of β-lactam (4-membered cyclic amide) rings is 1. The number of amides is 2. The summed E-state index contributed by atoms with van der Waals surface area (Å²) in [6.45, 7) is 6.40. The third-order valence-corrected chi connectivity index (χ3v) is 8.92. The highest BCUT2D eigenvalue weighted by atomic mass is 35.5.